The minimum Gasteiger partial charge on any atom is -0.494 e. The number of fused-ring (bicyclic) bond motifs is 6. The first-order valence-corrected chi connectivity index (χ1v) is 21.7. The molecule has 0 bridgehead atoms. The second-order valence-corrected chi connectivity index (χ2v) is 15.3. The fourth-order valence-electron chi connectivity index (χ4n) is 7.90. The van der Waals surface area contributed by atoms with Gasteiger partial charge in [-0.15, -0.1) is 0 Å². The number of carbonyl (C=O) groups excluding carboxylic acids is 2. The number of para-hydroxylation sites is 4. The number of carbonyl (C=O) groups is 2. The van der Waals surface area contributed by atoms with Crippen molar-refractivity contribution in [1.82, 2.24) is 19.5 Å². The summed E-state index contributed by atoms with van der Waals surface area (Å²) in [6.07, 6.45) is 5.11. The van der Waals surface area contributed by atoms with Crippen LogP contribution in [0.5, 0.6) is 23.0 Å². The van der Waals surface area contributed by atoms with E-state index in [0.29, 0.717) is 49.8 Å². The summed E-state index contributed by atoms with van der Waals surface area (Å²) in [6, 6.07) is 47.1. The van der Waals surface area contributed by atoms with Crippen molar-refractivity contribution in [2.45, 2.75) is 38.6 Å². The predicted molar refractivity (Wildman–Crippen MR) is 247 cm³/mol. The number of ether oxygens (including phenoxy) is 5. The van der Waals surface area contributed by atoms with Crippen molar-refractivity contribution in [3.63, 3.8) is 0 Å². The zero-order valence-corrected chi connectivity index (χ0v) is 35.3. The van der Waals surface area contributed by atoms with Crippen molar-refractivity contribution in [1.29, 1.82) is 0 Å². The number of nitrogens with one attached hydrogen (secondary N) is 1. The number of esters is 1. The zero-order chi connectivity index (χ0) is 43.5. The third-order valence-corrected chi connectivity index (χ3v) is 11.0. The largest absolute Gasteiger partial charge is 0.494 e. The highest BCUT2D eigenvalue weighted by Crippen LogP contribution is 2.33. The maximum Gasteiger partial charge on any atom is 0.370 e. The predicted octanol–water partition coefficient (Wildman–Crippen LogP) is 10.4. The lowest BCUT2D eigenvalue weighted by Crippen LogP contribution is -2.25. The number of aryl methyl sites for hydroxylation is 1. The molecule has 0 aliphatic carbocycles. The Morgan fingerprint density at radius 2 is 1.09 bits per heavy atom. The van der Waals surface area contributed by atoms with Gasteiger partial charge in [-0.05, 0) is 92.4 Å². The summed E-state index contributed by atoms with van der Waals surface area (Å²) < 4.78 is 33.2. The molecular formula is C52H48N4O8. The minimum atomic E-state index is -0.707. The topological polar surface area (TPSA) is 128 Å². The molecule has 9 aromatic rings. The van der Waals surface area contributed by atoms with Gasteiger partial charge in [-0.2, -0.15) is 9.83 Å². The first-order chi connectivity index (χ1) is 31.6. The summed E-state index contributed by atoms with van der Waals surface area (Å²) >= 11 is 0. The number of H-pyrrole nitrogens is 1. The molecule has 3 aromatic heterocycles. The molecule has 0 saturated heterocycles. The van der Waals surface area contributed by atoms with E-state index in [2.05, 4.69) is 26.9 Å². The van der Waals surface area contributed by atoms with E-state index in [4.69, 9.17) is 28.5 Å². The highest BCUT2D eigenvalue weighted by molar-refractivity contribution is 6.09. The van der Waals surface area contributed by atoms with Crippen LogP contribution in [-0.2, 0) is 20.9 Å². The number of nitrogens with zero attached hydrogens (tertiary/aromatic N) is 3. The summed E-state index contributed by atoms with van der Waals surface area (Å²) in [5.41, 5.74) is 5.07. The van der Waals surface area contributed by atoms with Gasteiger partial charge in [0.2, 0.25) is 0 Å². The fourth-order valence-corrected chi connectivity index (χ4v) is 7.90. The van der Waals surface area contributed by atoms with E-state index in [1.165, 1.54) is 4.73 Å². The second kappa shape index (κ2) is 20.0. The Morgan fingerprint density at radius 3 is 1.81 bits per heavy atom. The molecule has 0 fully saturated rings. The van der Waals surface area contributed by atoms with E-state index >= 15 is 0 Å². The third-order valence-electron chi connectivity index (χ3n) is 11.0. The fraction of sp³-hybridized carbons (Fsp3) is 0.212. The van der Waals surface area contributed by atoms with Gasteiger partial charge in [0.1, 0.15) is 23.0 Å². The van der Waals surface area contributed by atoms with Crippen LogP contribution in [0.2, 0.25) is 0 Å². The quantitative estimate of drug-likeness (QED) is 0.0555. The monoisotopic (exact) mass is 856 g/mol. The van der Waals surface area contributed by atoms with Crippen molar-refractivity contribution in [2.75, 3.05) is 33.0 Å². The lowest BCUT2D eigenvalue weighted by atomic mass is 10.1. The van der Waals surface area contributed by atoms with Crippen molar-refractivity contribution >= 4 is 55.6 Å². The van der Waals surface area contributed by atoms with Crippen LogP contribution in [-0.4, -0.2) is 64.5 Å². The van der Waals surface area contributed by atoms with Crippen LogP contribution in [0, 0.1) is 0 Å². The smallest absolute Gasteiger partial charge is 0.370 e. The molecule has 64 heavy (non-hydrogen) atoms. The van der Waals surface area contributed by atoms with E-state index in [0.717, 1.165) is 86.8 Å². The molecule has 12 heteroatoms. The molecule has 0 aliphatic heterocycles. The number of hydrogen-bond donors (Lipinski definition) is 1. The standard InChI is InChI=1S/C52H48N4O8/c57-51(27-29-55-46-19-7-4-16-40(46)42-24-22-38(34-48(42)55)60-31-11-10-30-59-37-14-2-1-3-15-37)63-36-52(58)64-56-47-20-8-5-17-41(47)43-25-23-39(35-49(43)56)61-32-12-13-33-62-50-21-9-6-18-44(50)45-26-28-53-54-45/h1-9,14-26,28,34-35H,10-13,27,29-33,36H2,(H,53,54). The summed E-state index contributed by atoms with van der Waals surface area (Å²) in [5, 5.41) is 11.1. The van der Waals surface area contributed by atoms with Crippen molar-refractivity contribution in [3.05, 3.63) is 152 Å². The molecule has 3 heterocycles. The van der Waals surface area contributed by atoms with Crippen molar-refractivity contribution in [2.24, 2.45) is 0 Å². The SMILES string of the molecule is O=C(CCn1c2ccccc2c2ccc(OCCCCOc3ccccc3)cc21)OCC(=O)On1c2ccccc2c2ccc(OCCCCOc3ccccc3-c3cc[nH]n3)cc21. The van der Waals surface area contributed by atoms with Gasteiger partial charge >= 0.3 is 11.9 Å². The average Bonchev–Trinajstić information content (AvgIpc) is 4.06. The van der Waals surface area contributed by atoms with E-state index < -0.39 is 18.5 Å². The number of unbranched alkanes of at least 4 members (excludes halogenated alkanes) is 2. The Hall–Kier alpha value is -7.73. The van der Waals surface area contributed by atoms with Gasteiger partial charge in [0, 0.05) is 57.5 Å². The number of aromatic nitrogens is 4. The molecule has 0 radical (unpaired) electrons. The van der Waals surface area contributed by atoms with Gasteiger partial charge in [-0.25, -0.2) is 4.79 Å². The minimum absolute atomic E-state index is 0.0497. The number of benzene rings is 6. The van der Waals surface area contributed by atoms with Crippen LogP contribution in [0.3, 0.4) is 0 Å². The Balaban J connectivity index is 0.780. The third kappa shape index (κ3) is 9.66. The number of aromatic amines is 1. The Bertz CT molecular complexity index is 2990. The molecule has 0 amide bonds. The lowest BCUT2D eigenvalue weighted by molar-refractivity contribution is -0.158. The molecular weight excluding hydrogens is 809 g/mol. The molecule has 12 nitrogen and oxygen atoms in total. The van der Waals surface area contributed by atoms with E-state index in [-0.39, 0.29) is 6.42 Å². The Morgan fingerprint density at radius 1 is 0.516 bits per heavy atom. The van der Waals surface area contributed by atoms with Crippen LogP contribution < -0.4 is 23.8 Å². The maximum absolute atomic E-state index is 13.3. The van der Waals surface area contributed by atoms with Crippen LogP contribution >= 0.6 is 0 Å². The van der Waals surface area contributed by atoms with Crippen LogP contribution in [0.1, 0.15) is 32.1 Å². The number of hydrogen-bond acceptors (Lipinski definition) is 9. The van der Waals surface area contributed by atoms with Gasteiger partial charge < -0.3 is 33.1 Å². The highest BCUT2D eigenvalue weighted by Gasteiger charge is 2.18. The molecule has 0 spiro atoms. The molecule has 0 unspecified atom stereocenters. The number of rotatable bonds is 21. The Kier molecular flexibility index (Phi) is 13.0. The van der Waals surface area contributed by atoms with Crippen LogP contribution in [0.4, 0.5) is 0 Å². The summed E-state index contributed by atoms with van der Waals surface area (Å²) in [6.45, 7) is 1.98. The van der Waals surface area contributed by atoms with E-state index in [1.54, 1.807) is 6.20 Å². The first kappa shape index (κ1) is 41.6. The first-order valence-electron chi connectivity index (χ1n) is 21.7. The molecule has 324 valence electrons. The lowest BCUT2D eigenvalue weighted by Gasteiger charge is -2.11. The van der Waals surface area contributed by atoms with Gasteiger partial charge in [-0.1, -0.05) is 66.7 Å². The van der Waals surface area contributed by atoms with Crippen LogP contribution in [0.15, 0.2) is 152 Å². The molecule has 9 rings (SSSR count). The molecule has 1 N–H and O–H groups in total. The van der Waals surface area contributed by atoms with Crippen molar-refractivity contribution < 1.29 is 38.1 Å². The van der Waals surface area contributed by atoms with E-state index in [9.17, 15) is 9.59 Å². The summed E-state index contributed by atoms with van der Waals surface area (Å²) in [5.74, 6) is 1.81. The zero-order valence-electron chi connectivity index (χ0n) is 35.3. The maximum atomic E-state index is 13.3. The highest BCUT2D eigenvalue weighted by atomic mass is 16.7. The second-order valence-electron chi connectivity index (χ2n) is 15.3. The summed E-state index contributed by atoms with van der Waals surface area (Å²) in [7, 11) is 0. The van der Waals surface area contributed by atoms with Gasteiger partial charge in [-0.3, -0.25) is 9.89 Å². The van der Waals surface area contributed by atoms with E-state index in [1.807, 2.05) is 133 Å². The molecule has 6 aromatic carbocycles. The average molecular weight is 857 g/mol. The van der Waals surface area contributed by atoms with Gasteiger partial charge in [0.15, 0.2) is 6.61 Å². The molecule has 0 saturated carbocycles. The van der Waals surface area contributed by atoms with Crippen molar-refractivity contribution in [3.8, 4) is 34.3 Å². The molecule has 0 atom stereocenters. The summed E-state index contributed by atoms with van der Waals surface area (Å²) in [4.78, 5) is 32.3. The normalized spacial score (nSPS) is 11.3. The van der Waals surface area contributed by atoms with Crippen LogP contribution in [0.25, 0.3) is 54.9 Å². The van der Waals surface area contributed by atoms with Gasteiger partial charge in [0.05, 0.1) is 55.1 Å². The molecule has 0 aliphatic rings. The Labute approximate surface area is 369 Å². The van der Waals surface area contributed by atoms with Gasteiger partial charge in [0.25, 0.3) is 0 Å².